The Labute approximate surface area is 132 Å². The molecule has 0 amide bonds. The summed E-state index contributed by atoms with van der Waals surface area (Å²) in [5.41, 5.74) is 0.923. The molecular formula is C14H18N2OS3. The summed E-state index contributed by atoms with van der Waals surface area (Å²) >= 11 is 4.50. The summed E-state index contributed by atoms with van der Waals surface area (Å²) in [7, 11) is 0. The van der Waals surface area contributed by atoms with E-state index in [-0.39, 0.29) is 10.8 Å². The Kier molecular flexibility index (Phi) is 3.54. The van der Waals surface area contributed by atoms with Gasteiger partial charge in [0.2, 0.25) is 5.16 Å². The molecule has 0 radical (unpaired) electrons. The smallest absolute Gasteiger partial charge is 0.200 e. The first-order valence-electron chi connectivity index (χ1n) is 6.69. The zero-order valence-corrected chi connectivity index (χ0v) is 14.5. The molecule has 2 atom stereocenters. The predicted octanol–water partition coefficient (Wildman–Crippen LogP) is 4.26. The number of ketones is 1. The van der Waals surface area contributed by atoms with E-state index in [1.807, 2.05) is 11.7 Å². The van der Waals surface area contributed by atoms with E-state index in [1.54, 1.807) is 23.5 Å². The number of nitrogens with zero attached hydrogens (tertiary/aromatic N) is 2. The normalized spacial score (nSPS) is 33.3. The van der Waals surface area contributed by atoms with Gasteiger partial charge in [-0.05, 0) is 47.4 Å². The van der Waals surface area contributed by atoms with Crippen LogP contribution in [-0.2, 0) is 4.79 Å². The van der Waals surface area contributed by atoms with Gasteiger partial charge in [-0.15, -0.1) is 0 Å². The molecule has 3 nitrogen and oxygen atoms in total. The summed E-state index contributed by atoms with van der Waals surface area (Å²) in [6, 6.07) is 0. The molecule has 2 bridgehead atoms. The Bertz CT molecular complexity index is 593. The first-order chi connectivity index (χ1) is 9.40. The zero-order valence-electron chi connectivity index (χ0n) is 12.1. The van der Waals surface area contributed by atoms with Crippen molar-refractivity contribution in [1.82, 2.24) is 9.36 Å². The van der Waals surface area contributed by atoms with Crippen molar-refractivity contribution in [3.63, 3.8) is 0 Å². The van der Waals surface area contributed by atoms with Crippen molar-refractivity contribution >= 4 is 40.8 Å². The van der Waals surface area contributed by atoms with Crippen LogP contribution in [0, 0.1) is 16.7 Å². The fourth-order valence-corrected chi connectivity index (χ4v) is 5.60. The molecule has 0 aliphatic heterocycles. The first kappa shape index (κ1) is 14.6. The predicted molar refractivity (Wildman–Crippen MR) is 85.2 cm³/mol. The monoisotopic (exact) mass is 326 g/mol. The third kappa shape index (κ3) is 1.91. The lowest BCUT2D eigenvalue weighted by molar-refractivity contribution is -0.125. The van der Waals surface area contributed by atoms with Gasteiger partial charge in [-0.1, -0.05) is 44.3 Å². The van der Waals surface area contributed by atoms with Crippen molar-refractivity contribution in [2.24, 2.45) is 16.7 Å². The molecule has 6 heteroatoms. The molecule has 1 aromatic heterocycles. The lowest BCUT2D eigenvalue weighted by Gasteiger charge is -2.31. The molecule has 3 rings (SSSR count). The first-order valence-corrected chi connectivity index (χ1v) is 9.57. The zero-order chi connectivity index (χ0) is 14.5. The third-order valence-corrected chi connectivity index (χ3v) is 7.58. The number of Topliss-reactive ketones (excluding diaryl/α,β-unsaturated/α-hetero) is 1. The number of carbonyl (C=O) groups is 1. The highest BCUT2D eigenvalue weighted by Gasteiger charge is 2.63. The summed E-state index contributed by atoms with van der Waals surface area (Å²) in [6.45, 7) is 6.62. The van der Waals surface area contributed by atoms with E-state index in [2.05, 4.69) is 30.1 Å². The van der Waals surface area contributed by atoms with Crippen LogP contribution < -0.4 is 0 Å². The highest BCUT2D eigenvalue weighted by molar-refractivity contribution is 8.03. The number of aromatic nitrogens is 2. The topological polar surface area (TPSA) is 42.9 Å². The van der Waals surface area contributed by atoms with Crippen LogP contribution in [0.2, 0.25) is 0 Å². The Morgan fingerprint density at radius 3 is 2.70 bits per heavy atom. The maximum Gasteiger partial charge on any atom is 0.200 e. The minimum absolute atomic E-state index is 0.0854. The van der Waals surface area contributed by atoms with Crippen LogP contribution >= 0.6 is 35.1 Å². The minimum Gasteiger partial charge on any atom is -0.294 e. The van der Waals surface area contributed by atoms with Gasteiger partial charge in [0, 0.05) is 11.0 Å². The van der Waals surface area contributed by atoms with Gasteiger partial charge in [0.15, 0.2) is 10.1 Å². The van der Waals surface area contributed by atoms with Gasteiger partial charge in [0.1, 0.15) is 0 Å². The van der Waals surface area contributed by atoms with Crippen molar-refractivity contribution in [2.75, 3.05) is 6.26 Å². The van der Waals surface area contributed by atoms with E-state index in [0.717, 1.165) is 27.9 Å². The van der Waals surface area contributed by atoms with Gasteiger partial charge >= 0.3 is 0 Å². The standard InChI is InChI=1S/C14H18N2OS3/c1-13(2)9-5-6-14(13,3)10(17)8(9)7-19-12-15-11(18-4)16-20-12/h7,9H,5-6H2,1-4H3/b8-7+/t9-,14-/m1/s1. The lowest BCUT2D eigenvalue weighted by atomic mass is 9.70. The van der Waals surface area contributed by atoms with Crippen LogP contribution in [0.25, 0.3) is 0 Å². The summed E-state index contributed by atoms with van der Waals surface area (Å²) in [4.78, 5) is 17.1. The maximum atomic E-state index is 12.7. The molecule has 1 aromatic rings. The fourth-order valence-electron chi connectivity index (χ4n) is 3.51. The SMILES string of the molecule is CSc1nsc(S/C=C2/C(=O)[C@@]3(C)CC[C@H]2C3(C)C)n1. The lowest BCUT2D eigenvalue weighted by Crippen LogP contribution is -2.32. The molecule has 108 valence electrons. The molecule has 0 N–H and O–H groups in total. The molecule has 0 unspecified atom stereocenters. The quantitative estimate of drug-likeness (QED) is 0.613. The molecule has 1 heterocycles. The van der Waals surface area contributed by atoms with Gasteiger partial charge in [0.25, 0.3) is 0 Å². The average Bonchev–Trinajstić information content (AvgIpc) is 2.99. The van der Waals surface area contributed by atoms with E-state index >= 15 is 0 Å². The summed E-state index contributed by atoms with van der Waals surface area (Å²) in [6.07, 6.45) is 4.13. The van der Waals surface area contributed by atoms with Gasteiger partial charge in [-0.25, -0.2) is 4.98 Å². The van der Waals surface area contributed by atoms with Gasteiger partial charge < -0.3 is 0 Å². The highest BCUT2D eigenvalue weighted by Crippen LogP contribution is 2.65. The van der Waals surface area contributed by atoms with E-state index in [4.69, 9.17) is 0 Å². The molecule has 20 heavy (non-hydrogen) atoms. The summed E-state index contributed by atoms with van der Waals surface area (Å²) in [5, 5.41) is 2.84. The number of fused-ring (bicyclic) bond motifs is 2. The second-order valence-electron chi connectivity index (χ2n) is 6.21. The molecule has 0 aromatic carbocycles. The minimum atomic E-state index is -0.171. The Morgan fingerprint density at radius 2 is 2.15 bits per heavy atom. The number of carbonyl (C=O) groups excluding carboxylic acids is 1. The van der Waals surface area contributed by atoms with Crippen LogP contribution in [-0.4, -0.2) is 21.4 Å². The van der Waals surface area contributed by atoms with E-state index in [0.29, 0.717) is 11.7 Å². The van der Waals surface area contributed by atoms with Crippen LogP contribution in [0.4, 0.5) is 0 Å². The van der Waals surface area contributed by atoms with Crippen LogP contribution in [0.15, 0.2) is 20.5 Å². The Balaban J connectivity index is 1.85. The summed E-state index contributed by atoms with van der Waals surface area (Å²) in [5.74, 6) is 0.751. The van der Waals surface area contributed by atoms with E-state index in [1.165, 1.54) is 11.5 Å². The average molecular weight is 327 g/mol. The van der Waals surface area contributed by atoms with Crippen LogP contribution in [0.5, 0.6) is 0 Å². The van der Waals surface area contributed by atoms with Crippen molar-refractivity contribution in [2.45, 2.75) is 43.1 Å². The number of hydrogen-bond donors (Lipinski definition) is 0. The number of rotatable bonds is 3. The van der Waals surface area contributed by atoms with Crippen LogP contribution in [0.1, 0.15) is 33.6 Å². The van der Waals surface area contributed by atoms with Crippen molar-refractivity contribution < 1.29 is 4.79 Å². The third-order valence-electron chi connectivity index (χ3n) is 5.22. The fraction of sp³-hybridized carbons (Fsp3) is 0.643. The molecule has 0 spiro atoms. The van der Waals surface area contributed by atoms with E-state index < -0.39 is 0 Å². The molecule has 2 aliphatic carbocycles. The highest BCUT2D eigenvalue weighted by atomic mass is 32.2. The molecule has 2 saturated carbocycles. The van der Waals surface area contributed by atoms with Crippen LogP contribution in [0.3, 0.4) is 0 Å². The molecule has 2 aliphatic rings. The van der Waals surface area contributed by atoms with Crippen molar-refractivity contribution in [1.29, 1.82) is 0 Å². The van der Waals surface area contributed by atoms with Crippen molar-refractivity contribution in [3.8, 4) is 0 Å². The number of hydrogen-bond acceptors (Lipinski definition) is 6. The number of thioether (sulfide) groups is 2. The Hall–Kier alpha value is -0.330. The molecular weight excluding hydrogens is 308 g/mol. The van der Waals surface area contributed by atoms with Gasteiger partial charge in [-0.3, -0.25) is 4.79 Å². The Morgan fingerprint density at radius 1 is 1.40 bits per heavy atom. The summed E-state index contributed by atoms with van der Waals surface area (Å²) < 4.78 is 5.16. The van der Waals surface area contributed by atoms with Gasteiger partial charge in [-0.2, -0.15) is 4.37 Å². The molecule has 2 fully saturated rings. The molecule has 0 saturated heterocycles. The largest absolute Gasteiger partial charge is 0.294 e. The second-order valence-corrected chi connectivity index (χ2v) is 8.85. The second kappa shape index (κ2) is 4.85. The maximum absolute atomic E-state index is 12.7. The van der Waals surface area contributed by atoms with Gasteiger partial charge in [0.05, 0.1) is 0 Å². The number of allylic oxidation sites excluding steroid dienone is 1. The van der Waals surface area contributed by atoms with Crippen molar-refractivity contribution in [3.05, 3.63) is 11.0 Å². The van der Waals surface area contributed by atoms with E-state index in [9.17, 15) is 4.79 Å².